The number of aryl methyl sites for hydroxylation is 1. The van der Waals surface area contributed by atoms with E-state index in [0.717, 1.165) is 18.5 Å². The van der Waals surface area contributed by atoms with E-state index in [-0.39, 0.29) is 23.2 Å². The van der Waals surface area contributed by atoms with Gasteiger partial charge in [0.25, 0.3) is 15.7 Å². The monoisotopic (exact) mass is 335 g/mol. The number of nitrogens with zero attached hydrogens (tertiary/aromatic N) is 3. The Hall–Kier alpha value is -2.19. The molecule has 1 fully saturated rings. The highest BCUT2D eigenvalue weighted by Gasteiger charge is 2.40. The van der Waals surface area contributed by atoms with Gasteiger partial charge >= 0.3 is 0 Å². The predicted octanol–water partition coefficient (Wildman–Crippen LogP) is 2.29. The maximum atomic E-state index is 13.0. The van der Waals surface area contributed by atoms with Crippen LogP contribution < -0.4 is 0 Å². The third-order valence-corrected chi connectivity index (χ3v) is 5.92. The number of nitro benzene ring substituents is 1. The van der Waals surface area contributed by atoms with Crippen LogP contribution >= 0.6 is 0 Å². The highest BCUT2D eigenvalue weighted by atomic mass is 32.2. The predicted molar refractivity (Wildman–Crippen MR) is 84.3 cm³/mol. The standard InChI is InChI=1S/C15H17N3O4S/c1-16-10-4-5-13(16)11-17(12-8-9-12)23(21,22)15-7-3-2-6-14(15)18(19)20/h2-7,10,12H,8-9,11H2,1H3. The fourth-order valence-electron chi connectivity index (χ4n) is 2.55. The van der Waals surface area contributed by atoms with Crippen LogP contribution in [0.15, 0.2) is 47.5 Å². The van der Waals surface area contributed by atoms with E-state index in [0.29, 0.717) is 0 Å². The molecule has 23 heavy (non-hydrogen) atoms. The van der Waals surface area contributed by atoms with Gasteiger partial charge < -0.3 is 4.57 Å². The summed E-state index contributed by atoms with van der Waals surface area (Å²) in [5.74, 6) is 0. The Morgan fingerprint density at radius 1 is 1.26 bits per heavy atom. The zero-order valence-corrected chi connectivity index (χ0v) is 13.4. The van der Waals surface area contributed by atoms with Crippen molar-refractivity contribution in [2.45, 2.75) is 30.3 Å². The summed E-state index contributed by atoms with van der Waals surface area (Å²) < 4.78 is 29.2. The van der Waals surface area contributed by atoms with Gasteiger partial charge in [-0.05, 0) is 31.0 Å². The van der Waals surface area contributed by atoms with Gasteiger partial charge in [0.05, 0.1) is 11.5 Å². The molecule has 1 aliphatic carbocycles. The SMILES string of the molecule is Cn1cccc1CN(C1CC1)S(=O)(=O)c1ccccc1[N+](=O)[O-]. The van der Waals surface area contributed by atoms with Crippen LogP contribution in [0.2, 0.25) is 0 Å². The molecule has 0 unspecified atom stereocenters. The average Bonchev–Trinajstić information content (AvgIpc) is 3.27. The molecule has 0 atom stereocenters. The molecule has 1 aliphatic rings. The van der Waals surface area contributed by atoms with Crippen molar-refractivity contribution in [3.05, 3.63) is 58.4 Å². The van der Waals surface area contributed by atoms with Crippen LogP contribution in [0.25, 0.3) is 0 Å². The first-order chi connectivity index (χ1) is 10.9. The fraction of sp³-hybridized carbons (Fsp3) is 0.333. The van der Waals surface area contributed by atoms with Crippen LogP contribution in [0, 0.1) is 10.1 Å². The van der Waals surface area contributed by atoms with Crippen LogP contribution in [0.5, 0.6) is 0 Å². The van der Waals surface area contributed by atoms with Gasteiger partial charge in [-0.1, -0.05) is 12.1 Å². The molecule has 0 amide bonds. The Morgan fingerprint density at radius 2 is 1.96 bits per heavy atom. The van der Waals surface area contributed by atoms with Gasteiger partial charge in [-0.25, -0.2) is 8.42 Å². The number of rotatable bonds is 6. The smallest absolute Gasteiger partial charge is 0.289 e. The van der Waals surface area contributed by atoms with Crippen molar-refractivity contribution >= 4 is 15.7 Å². The summed E-state index contributed by atoms with van der Waals surface area (Å²) in [6.45, 7) is 0.211. The molecule has 0 aliphatic heterocycles. The number of para-hydroxylation sites is 1. The molecule has 7 nitrogen and oxygen atoms in total. The van der Waals surface area contributed by atoms with E-state index < -0.39 is 14.9 Å². The third-order valence-electron chi connectivity index (χ3n) is 3.97. The molecule has 1 aromatic carbocycles. The summed E-state index contributed by atoms with van der Waals surface area (Å²) in [7, 11) is -2.08. The normalized spacial score (nSPS) is 15.0. The number of sulfonamides is 1. The van der Waals surface area contributed by atoms with Crippen LogP contribution in [0.3, 0.4) is 0 Å². The van der Waals surface area contributed by atoms with Crippen LogP contribution in [0.1, 0.15) is 18.5 Å². The Balaban J connectivity index is 2.02. The first kappa shape index (κ1) is 15.7. The number of nitro groups is 1. The van der Waals surface area contributed by atoms with Gasteiger partial charge in [0.1, 0.15) is 0 Å². The summed E-state index contributed by atoms with van der Waals surface area (Å²) in [5, 5.41) is 11.2. The lowest BCUT2D eigenvalue weighted by atomic mass is 10.3. The fourth-order valence-corrected chi connectivity index (χ4v) is 4.36. The van der Waals surface area contributed by atoms with Crippen molar-refractivity contribution in [3.8, 4) is 0 Å². The molecule has 1 heterocycles. The quantitative estimate of drug-likeness (QED) is 0.599. The maximum absolute atomic E-state index is 13.0. The Labute approximate surface area is 134 Å². The largest absolute Gasteiger partial charge is 0.353 e. The molecule has 0 radical (unpaired) electrons. The second-order valence-corrected chi connectivity index (χ2v) is 7.48. The van der Waals surface area contributed by atoms with Gasteiger partial charge in [-0.15, -0.1) is 0 Å². The zero-order chi connectivity index (χ0) is 16.6. The molecule has 3 rings (SSSR count). The molecule has 0 spiro atoms. The second-order valence-electron chi connectivity index (χ2n) is 5.62. The first-order valence-electron chi connectivity index (χ1n) is 7.26. The van der Waals surface area contributed by atoms with E-state index in [9.17, 15) is 18.5 Å². The molecule has 0 N–H and O–H groups in total. The van der Waals surface area contributed by atoms with Crippen molar-refractivity contribution in [2.75, 3.05) is 0 Å². The highest BCUT2D eigenvalue weighted by Crippen LogP contribution is 2.36. The van der Waals surface area contributed by atoms with Gasteiger partial charge in [0.2, 0.25) is 0 Å². The molecule has 2 aromatic rings. The third kappa shape index (κ3) is 2.99. The summed E-state index contributed by atoms with van der Waals surface area (Å²) in [4.78, 5) is 10.3. The Morgan fingerprint density at radius 3 is 2.52 bits per heavy atom. The summed E-state index contributed by atoms with van der Waals surface area (Å²) >= 11 is 0. The van der Waals surface area contributed by atoms with Crippen molar-refractivity contribution in [1.29, 1.82) is 0 Å². The molecule has 8 heteroatoms. The van der Waals surface area contributed by atoms with Crippen molar-refractivity contribution < 1.29 is 13.3 Å². The van der Waals surface area contributed by atoms with Gasteiger partial charge in [-0.2, -0.15) is 4.31 Å². The topological polar surface area (TPSA) is 85.5 Å². The van der Waals surface area contributed by atoms with Crippen molar-refractivity contribution in [2.24, 2.45) is 7.05 Å². The van der Waals surface area contributed by atoms with Crippen molar-refractivity contribution in [1.82, 2.24) is 8.87 Å². The van der Waals surface area contributed by atoms with Crippen LogP contribution in [-0.2, 0) is 23.6 Å². The van der Waals surface area contributed by atoms with E-state index in [2.05, 4.69) is 0 Å². The molecule has 122 valence electrons. The van der Waals surface area contributed by atoms with E-state index in [1.807, 2.05) is 29.9 Å². The summed E-state index contributed by atoms with van der Waals surface area (Å²) in [5.41, 5.74) is 0.462. The van der Waals surface area contributed by atoms with Gasteiger partial charge in [0, 0.05) is 31.0 Å². The summed E-state index contributed by atoms with van der Waals surface area (Å²) in [6, 6.07) is 9.11. The minimum atomic E-state index is -3.93. The average molecular weight is 335 g/mol. The number of hydrogen-bond donors (Lipinski definition) is 0. The van der Waals surface area contributed by atoms with Crippen molar-refractivity contribution in [3.63, 3.8) is 0 Å². The van der Waals surface area contributed by atoms with Crippen LogP contribution in [-0.4, -0.2) is 28.3 Å². The molecule has 0 saturated heterocycles. The number of aromatic nitrogens is 1. The minimum absolute atomic E-state index is 0.0882. The summed E-state index contributed by atoms with van der Waals surface area (Å²) in [6.07, 6.45) is 3.41. The molecular formula is C15H17N3O4S. The highest BCUT2D eigenvalue weighted by molar-refractivity contribution is 7.89. The first-order valence-corrected chi connectivity index (χ1v) is 8.71. The van der Waals surface area contributed by atoms with E-state index in [1.165, 1.54) is 28.6 Å². The molecule has 1 saturated carbocycles. The molecule has 1 aromatic heterocycles. The minimum Gasteiger partial charge on any atom is -0.353 e. The lowest BCUT2D eigenvalue weighted by Gasteiger charge is -2.22. The lowest BCUT2D eigenvalue weighted by molar-refractivity contribution is -0.387. The second kappa shape index (κ2) is 5.78. The van der Waals surface area contributed by atoms with E-state index >= 15 is 0 Å². The maximum Gasteiger partial charge on any atom is 0.289 e. The van der Waals surface area contributed by atoms with Gasteiger partial charge in [-0.3, -0.25) is 10.1 Å². The Bertz CT molecular complexity index is 840. The Kier molecular flexibility index (Phi) is 3.95. The molecular weight excluding hydrogens is 318 g/mol. The van der Waals surface area contributed by atoms with E-state index in [4.69, 9.17) is 0 Å². The van der Waals surface area contributed by atoms with Gasteiger partial charge in [0.15, 0.2) is 4.90 Å². The van der Waals surface area contributed by atoms with Crippen LogP contribution in [0.4, 0.5) is 5.69 Å². The zero-order valence-electron chi connectivity index (χ0n) is 12.6. The molecule has 0 bridgehead atoms. The van der Waals surface area contributed by atoms with E-state index in [1.54, 1.807) is 0 Å². The lowest BCUT2D eigenvalue weighted by Crippen LogP contribution is -2.33. The number of benzene rings is 1. The number of hydrogen-bond acceptors (Lipinski definition) is 4.